The number of aliphatic hydroxyl groups is 10. The van der Waals surface area contributed by atoms with Crippen LogP contribution in [0.4, 0.5) is 0 Å². The van der Waals surface area contributed by atoms with Gasteiger partial charge in [0.05, 0.1) is 61.5 Å². The van der Waals surface area contributed by atoms with Crippen LogP contribution in [-0.4, -0.2) is 174 Å². The van der Waals surface area contributed by atoms with Crippen LogP contribution in [0.15, 0.2) is 64.7 Å². The molecule has 0 amide bonds. The van der Waals surface area contributed by atoms with E-state index in [4.69, 9.17) is 24.7 Å². The summed E-state index contributed by atoms with van der Waals surface area (Å²) in [5.74, 6) is -6.42. The van der Waals surface area contributed by atoms with Gasteiger partial charge in [0, 0.05) is 75.4 Å². The molecule has 13 N–H and O–H groups in total. The summed E-state index contributed by atoms with van der Waals surface area (Å²) in [6, 6.07) is 0. The maximum atomic E-state index is 13.7. The summed E-state index contributed by atoms with van der Waals surface area (Å²) in [4.78, 5) is 43.7. The normalized spacial score (nSPS) is 34.1. The molecule has 2 rings (SSSR count). The quantitative estimate of drug-likeness (QED) is 0.0159. The number of hydrogen-bond donors (Lipinski definition) is 12. The molecule has 2 aliphatic rings. The predicted molar refractivity (Wildman–Crippen MR) is 319 cm³/mol. The number of nitrogens with two attached hydrogens (primary N) is 1. The average molecular weight is 1180 g/mol. The van der Waals surface area contributed by atoms with Gasteiger partial charge in [-0.15, -0.1) is 0 Å². The highest BCUT2D eigenvalue weighted by Gasteiger charge is 2.50. The highest BCUT2D eigenvalue weighted by Crippen LogP contribution is 2.36. The number of hydrogen-bond acceptors (Lipinski definition) is 18. The molecule has 0 spiro atoms. The van der Waals surface area contributed by atoms with Gasteiger partial charge in [-0.05, 0) is 95.0 Å². The number of esters is 3. The van der Waals surface area contributed by atoms with Crippen LogP contribution >= 0.6 is 0 Å². The van der Waals surface area contributed by atoms with Gasteiger partial charge in [0.2, 0.25) is 0 Å². The number of rotatable bonds is 17. The van der Waals surface area contributed by atoms with Crippen LogP contribution in [-0.2, 0) is 33.3 Å². The molecule has 478 valence electrons. The number of aliphatic hydroxyl groups excluding tert-OH is 9. The highest BCUT2D eigenvalue weighted by molar-refractivity contribution is 5.91. The molecular formula is C63H109N3O17. The van der Waals surface area contributed by atoms with Gasteiger partial charge in [0.25, 0.3) is 0 Å². The Bertz CT molecular complexity index is 2070. The average Bonchev–Trinajstić information content (AvgIpc) is 3.42. The maximum Gasteiger partial charge on any atom is 0.334 e. The topological polar surface area (TPSA) is 341 Å². The number of guanidine groups is 1. The second kappa shape index (κ2) is 39.6. The first-order valence-electron chi connectivity index (χ1n) is 30.5. The van der Waals surface area contributed by atoms with Gasteiger partial charge >= 0.3 is 17.9 Å². The lowest BCUT2D eigenvalue weighted by molar-refractivity contribution is -0.333. The highest BCUT2D eigenvalue weighted by atomic mass is 16.7. The van der Waals surface area contributed by atoms with Gasteiger partial charge in [0.1, 0.15) is 24.7 Å². The fourth-order valence-corrected chi connectivity index (χ4v) is 10.5. The second-order valence-corrected chi connectivity index (χ2v) is 23.9. The van der Waals surface area contributed by atoms with Crippen LogP contribution in [0.25, 0.3) is 0 Å². The van der Waals surface area contributed by atoms with Crippen molar-refractivity contribution in [2.45, 2.75) is 257 Å². The molecule has 0 aromatic heterocycles. The first-order valence-corrected chi connectivity index (χ1v) is 30.5. The van der Waals surface area contributed by atoms with Crippen molar-refractivity contribution in [1.82, 2.24) is 5.32 Å². The second-order valence-electron chi connectivity index (χ2n) is 23.9. The lowest BCUT2D eigenvalue weighted by Gasteiger charge is -2.45. The molecule has 2 bridgehead atoms. The molecule has 2 heterocycles. The number of cyclic esters (lactones) is 1. The molecule has 0 aliphatic carbocycles. The molecule has 20 heteroatoms. The Labute approximate surface area is 495 Å². The number of allylic oxidation sites excluding steroid dienone is 6. The van der Waals surface area contributed by atoms with Gasteiger partial charge in [-0.3, -0.25) is 14.6 Å². The molecule has 0 radical (unpaired) electrons. The third kappa shape index (κ3) is 28.8. The van der Waals surface area contributed by atoms with Gasteiger partial charge in [-0.25, -0.2) is 4.79 Å². The molecule has 83 heavy (non-hydrogen) atoms. The smallest absolute Gasteiger partial charge is 0.334 e. The molecule has 0 aromatic carbocycles. The van der Waals surface area contributed by atoms with Gasteiger partial charge in [-0.1, -0.05) is 110 Å². The lowest BCUT2D eigenvalue weighted by atomic mass is 9.84. The van der Waals surface area contributed by atoms with Crippen LogP contribution in [0.2, 0.25) is 0 Å². The van der Waals surface area contributed by atoms with Crippen molar-refractivity contribution in [1.29, 1.82) is 0 Å². The Morgan fingerprint density at radius 1 is 0.795 bits per heavy atom. The zero-order valence-corrected chi connectivity index (χ0v) is 51.5. The largest absolute Gasteiger partial charge is 0.465 e. The number of carbonyl (C=O) groups is 3. The molecule has 19 unspecified atom stereocenters. The molecule has 1 saturated heterocycles. The van der Waals surface area contributed by atoms with E-state index in [-0.39, 0.29) is 75.7 Å². The van der Waals surface area contributed by atoms with Gasteiger partial charge in [0.15, 0.2) is 11.7 Å². The minimum atomic E-state index is -2.51. The first kappa shape index (κ1) is 75.0. The van der Waals surface area contributed by atoms with E-state index in [2.05, 4.69) is 22.5 Å². The van der Waals surface area contributed by atoms with E-state index < -0.39 is 128 Å². The van der Waals surface area contributed by atoms with Crippen LogP contribution in [0.3, 0.4) is 0 Å². The number of nitrogens with zero attached hydrogens (tertiary/aromatic N) is 1. The van der Waals surface area contributed by atoms with E-state index in [1.54, 1.807) is 72.0 Å². The Balaban J connectivity index is 2.47. The minimum Gasteiger partial charge on any atom is -0.465 e. The summed E-state index contributed by atoms with van der Waals surface area (Å²) < 4.78 is 23.3. The monoisotopic (exact) mass is 1180 g/mol. The third-order valence-corrected chi connectivity index (χ3v) is 16.5. The maximum absolute atomic E-state index is 13.7. The summed E-state index contributed by atoms with van der Waals surface area (Å²) in [5, 5.41) is 115. The van der Waals surface area contributed by atoms with E-state index in [1.807, 2.05) is 33.8 Å². The number of unbranched alkanes of at least 4 members (excludes halogenated alkanes) is 2. The molecule has 2 aliphatic heterocycles. The Hall–Kier alpha value is -4.06. The van der Waals surface area contributed by atoms with E-state index in [9.17, 15) is 65.4 Å². The molecule has 20 nitrogen and oxygen atoms in total. The van der Waals surface area contributed by atoms with E-state index in [0.29, 0.717) is 23.7 Å². The number of ether oxygens (including phenoxy) is 4. The van der Waals surface area contributed by atoms with Gasteiger partial charge < -0.3 is 81.1 Å². The van der Waals surface area contributed by atoms with Crippen LogP contribution in [0.5, 0.6) is 0 Å². The van der Waals surface area contributed by atoms with E-state index in [1.165, 1.54) is 0 Å². The minimum absolute atomic E-state index is 0.0612. The van der Waals surface area contributed by atoms with Crippen molar-refractivity contribution in [2.75, 3.05) is 20.2 Å². The number of nitrogens with one attached hydrogen (secondary N) is 1. The van der Waals surface area contributed by atoms with Crippen molar-refractivity contribution in [3.8, 4) is 0 Å². The van der Waals surface area contributed by atoms with Gasteiger partial charge in [-0.2, -0.15) is 0 Å². The predicted octanol–water partition coefficient (Wildman–Crippen LogP) is 5.66. The summed E-state index contributed by atoms with van der Waals surface area (Å²) in [7, 11) is 1.63. The Morgan fingerprint density at radius 3 is 2.11 bits per heavy atom. The molecule has 19 atom stereocenters. The summed E-state index contributed by atoms with van der Waals surface area (Å²) >= 11 is 0. The Morgan fingerprint density at radius 2 is 1.45 bits per heavy atom. The number of aliphatic imine (C=N–C) groups is 1. The zero-order chi connectivity index (χ0) is 62.4. The fraction of sp³-hybridized carbons (Fsp3) is 0.778. The summed E-state index contributed by atoms with van der Waals surface area (Å²) in [6.07, 6.45) is 4.29. The molecule has 0 saturated carbocycles. The standard InChI is InChI=1S/C63H109N3O17/c1-11-21-46(12-2)38-80-57(75)36-58(76)81-49-31-47(67)30-48(68)32-52(70)39(3)23-19-25-43(7)59(42(6)22-17-15-13-14-16-18-29-66-62(64)65-10)82-61(78)44(8)26-20-24-40(4)53(71)35-54(72)45(9)51(69)28-27-41(5)56(74)37-63(79)60(77)55(73)34-50(33-49)83-63/h13-14,19-20,23-26,40-43,45-56,59-60,67-74,77,79H,11-12,15-18,21-22,27-38H2,1-10H3,(H3,64,65,66). The van der Waals surface area contributed by atoms with Crippen molar-refractivity contribution >= 4 is 23.9 Å². The van der Waals surface area contributed by atoms with Crippen molar-refractivity contribution in [3.05, 3.63) is 59.8 Å². The van der Waals surface area contributed by atoms with Crippen molar-refractivity contribution in [3.63, 3.8) is 0 Å². The fourth-order valence-electron chi connectivity index (χ4n) is 10.5. The lowest BCUT2D eigenvalue weighted by Crippen LogP contribution is -2.60. The van der Waals surface area contributed by atoms with Crippen LogP contribution in [0, 0.1) is 35.5 Å². The first-order chi connectivity index (χ1) is 39.1. The van der Waals surface area contributed by atoms with Crippen molar-refractivity contribution < 1.29 is 84.4 Å². The molecule has 0 aromatic rings. The molecular weight excluding hydrogens is 1070 g/mol. The summed E-state index contributed by atoms with van der Waals surface area (Å²) in [5.41, 5.74) is 6.53. The van der Waals surface area contributed by atoms with E-state index >= 15 is 0 Å². The van der Waals surface area contributed by atoms with Crippen molar-refractivity contribution in [2.24, 2.45) is 46.2 Å². The number of fused-ring (bicyclic) bond motifs is 2. The number of carbonyl (C=O) groups excluding carboxylic acids is 3. The third-order valence-electron chi connectivity index (χ3n) is 16.5. The zero-order valence-electron chi connectivity index (χ0n) is 51.5. The Kier molecular flexibility index (Phi) is 35.8. The summed E-state index contributed by atoms with van der Waals surface area (Å²) in [6.45, 7) is 17.2. The van der Waals surface area contributed by atoms with Crippen LogP contribution in [0.1, 0.15) is 178 Å². The SMILES string of the molecule is CCCC(CC)COC(=O)CC(=O)OC1CC(O)CC(O)CC(O)C(C)=CC=CC(C)C(C(C)CCCC=CCCCNC(N)=NC)OC(=O)C(C)=CC=CC(C)C(O)CC(O)C(C)C(O)CCC(C)C(O)CC2(O)OC(C1)CC(O)C2O. The van der Waals surface area contributed by atoms with Crippen LogP contribution < -0.4 is 11.1 Å². The van der Waals surface area contributed by atoms with E-state index in [0.717, 1.165) is 51.4 Å². The molecule has 1 fully saturated rings.